The van der Waals surface area contributed by atoms with E-state index in [4.69, 9.17) is 16.3 Å². The molecule has 0 bridgehead atoms. The molecule has 1 heterocycles. The number of nitro benzene ring substituents is 1. The molecule has 0 unspecified atom stereocenters. The maximum absolute atomic E-state index is 10.9. The van der Waals surface area contributed by atoms with E-state index in [1.54, 1.807) is 25.2 Å². The molecular weight excluding hydrogens is 270 g/mol. The van der Waals surface area contributed by atoms with Gasteiger partial charge in [-0.15, -0.1) is 11.6 Å². The Morgan fingerprint density at radius 1 is 1.47 bits per heavy atom. The first kappa shape index (κ1) is 13.4. The lowest BCUT2D eigenvalue weighted by molar-refractivity contribution is -0.385. The van der Waals surface area contributed by atoms with Crippen LogP contribution in [-0.2, 0) is 12.9 Å². The average molecular weight is 282 g/mol. The Labute approximate surface area is 114 Å². The lowest BCUT2D eigenvalue weighted by Gasteiger charge is -2.07. The van der Waals surface area contributed by atoms with Crippen LogP contribution in [0.4, 0.5) is 5.69 Å². The summed E-state index contributed by atoms with van der Waals surface area (Å²) >= 11 is 5.85. The Morgan fingerprint density at radius 3 is 2.79 bits per heavy atom. The van der Waals surface area contributed by atoms with Crippen LogP contribution in [0.1, 0.15) is 11.3 Å². The third-order valence-corrected chi connectivity index (χ3v) is 2.96. The molecule has 0 N–H and O–H groups in total. The van der Waals surface area contributed by atoms with Crippen molar-refractivity contribution in [2.75, 3.05) is 0 Å². The van der Waals surface area contributed by atoms with Crippen LogP contribution >= 0.6 is 11.6 Å². The Balaban J connectivity index is 2.45. The van der Waals surface area contributed by atoms with E-state index >= 15 is 0 Å². The summed E-state index contributed by atoms with van der Waals surface area (Å²) in [5.74, 6) is 0.819. The summed E-state index contributed by atoms with van der Waals surface area (Å²) in [5, 5.41) is 15.1. The number of halogens is 1. The van der Waals surface area contributed by atoms with Crippen molar-refractivity contribution in [1.82, 2.24) is 9.78 Å². The lowest BCUT2D eigenvalue weighted by Crippen LogP contribution is -1.99. The number of rotatable bonds is 4. The number of aromatic nitrogens is 2. The fourth-order valence-electron chi connectivity index (χ4n) is 1.76. The first-order chi connectivity index (χ1) is 9.04. The summed E-state index contributed by atoms with van der Waals surface area (Å²) < 4.78 is 7.14. The Bertz CT molecular complexity index is 625. The van der Waals surface area contributed by atoms with Gasteiger partial charge in [-0.2, -0.15) is 5.10 Å². The van der Waals surface area contributed by atoms with Crippen molar-refractivity contribution in [2.45, 2.75) is 12.8 Å². The minimum absolute atomic E-state index is 0.0955. The zero-order valence-electron chi connectivity index (χ0n) is 10.5. The molecule has 0 saturated carbocycles. The van der Waals surface area contributed by atoms with E-state index in [-0.39, 0.29) is 17.3 Å². The minimum Gasteiger partial charge on any atom is -0.432 e. The lowest BCUT2D eigenvalue weighted by atomic mass is 10.3. The van der Waals surface area contributed by atoms with Crippen molar-refractivity contribution in [1.29, 1.82) is 0 Å². The number of para-hydroxylation sites is 2. The average Bonchev–Trinajstić information content (AvgIpc) is 2.64. The van der Waals surface area contributed by atoms with Crippen molar-refractivity contribution in [3.63, 3.8) is 0 Å². The van der Waals surface area contributed by atoms with Gasteiger partial charge in [0.15, 0.2) is 0 Å². The third-order valence-electron chi connectivity index (χ3n) is 2.69. The summed E-state index contributed by atoms with van der Waals surface area (Å²) in [4.78, 5) is 10.4. The van der Waals surface area contributed by atoms with E-state index < -0.39 is 4.92 Å². The van der Waals surface area contributed by atoms with Gasteiger partial charge in [0.2, 0.25) is 11.6 Å². The Morgan fingerprint density at radius 2 is 2.16 bits per heavy atom. The number of hydrogen-bond acceptors (Lipinski definition) is 4. The Kier molecular flexibility index (Phi) is 3.71. The minimum atomic E-state index is -0.487. The quantitative estimate of drug-likeness (QED) is 0.490. The first-order valence-electron chi connectivity index (χ1n) is 5.54. The summed E-state index contributed by atoms with van der Waals surface area (Å²) in [7, 11) is 1.70. The Hall–Kier alpha value is -2.08. The van der Waals surface area contributed by atoms with Gasteiger partial charge in [-0.1, -0.05) is 12.1 Å². The van der Waals surface area contributed by atoms with Gasteiger partial charge >= 0.3 is 5.69 Å². The molecule has 0 aliphatic carbocycles. The molecule has 1 aromatic carbocycles. The monoisotopic (exact) mass is 281 g/mol. The van der Waals surface area contributed by atoms with Crippen LogP contribution in [0.2, 0.25) is 0 Å². The van der Waals surface area contributed by atoms with Gasteiger partial charge in [0, 0.05) is 13.1 Å². The summed E-state index contributed by atoms with van der Waals surface area (Å²) in [6.45, 7) is 1.81. The molecule has 2 aromatic rings. The van der Waals surface area contributed by atoms with E-state index in [0.717, 1.165) is 11.3 Å². The molecule has 1 aromatic heterocycles. The molecule has 19 heavy (non-hydrogen) atoms. The molecule has 0 radical (unpaired) electrons. The second-order valence-corrected chi connectivity index (χ2v) is 4.22. The van der Waals surface area contributed by atoms with Gasteiger partial charge in [-0.3, -0.25) is 10.1 Å². The van der Waals surface area contributed by atoms with Gasteiger partial charge < -0.3 is 4.74 Å². The normalized spacial score (nSPS) is 10.5. The third kappa shape index (κ3) is 2.53. The topological polar surface area (TPSA) is 70.2 Å². The van der Waals surface area contributed by atoms with Gasteiger partial charge in [0.25, 0.3) is 0 Å². The zero-order chi connectivity index (χ0) is 14.0. The second-order valence-electron chi connectivity index (χ2n) is 3.95. The largest absolute Gasteiger partial charge is 0.432 e. The molecule has 7 heteroatoms. The highest BCUT2D eigenvalue weighted by molar-refractivity contribution is 6.17. The number of nitro groups is 1. The highest BCUT2D eigenvalue weighted by Crippen LogP contribution is 2.33. The number of ether oxygens (including phenoxy) is 1. The fraction of sp³-hybridized carbons (Fsp3) is 0.250. The van der Waals surface area contributed by atoms with Gasteiger partial charge in [-0.25, -0.2) is 4.68 Å². The molecule has 2 rings (SSSR count). The summed E-state index contributed by atoms with van der Waals surface area (Å²) in [6.07, 6.45) is 0. The molecule has 0 aliphatic heterocycles. The molecule has 6 nitrogen and oxygen atoms in total. The number of benzene rings is 1. The molecule has 0 aliphatic rings. The molecular formula is C12H12ClN3O3. The van der Waals surface area contributed by atoms with Crippen molar-refractivity contribution >= 4 is 17.3 Å². The van der Waals surface area contributed by atoms with Crippen LogP contribution < -0.4 is 4.74 Å². The molecule has 0 amide bonds. The van der Waals surface area contributed by atoms with E-state index in [1.807, 2.05) is 6.92 Å². The van der Waals surface area contributed by atoms with Crippen LogP contribution in [0.25, 0.3) is 0 Å². The predicted molar refractivity (Wildman–Crippen MR) is 70.7 cm³/mol. The van der Waals surface area contributed by atoms with E-state index in [0.29, 0.717) is 5.88 Å². The SMILES string of the molecule is Cc1nn(C)c(Oc2ccccc2[N+](=O)[O-])c1CCl. The molecule has 0 fully saturated rings. The molecule has 100 valence electrons. The highest BCUT2D eigenvalue weighted by Gasteiger charge is 2.19. The van der Waals surface area contributed by atoms with Crippen molar-refractivity contribution in [2.24, 2.45) is 7.05 Å². The number of aryl methyl sites for hydroxylation is 2. The second kappa shape index (κ2) is 5.27. The van der Waals surface area contributed by atoms with Crippen LogP contribution in [0.15, 0.2) is 24.3 Å². The zero-order valence-corrected chi connectivity index (χ0v) is 11.2. The first-order valence-corrected chi connectivity index (χ1v) is 6.07. The van der Waals surface area contributed by atoms with Crippen LogP contribution in [0, 0.1) is 17.0 Å². The summed E-state index contributed by atoms with van der Waals surface area (Å²) in [5.41, 5.74) is 1.37. The molecule has 0 saturated heterocycles. The van der Waals surface area contributed by atoms with Crippen molar-refractivity contribution in [3.05, 3.63) is 45.6 Å². The number of alkyl halides is 1. The fourth-order valence-corrected chi connectivity index (χ4v) is 2.07. The number of nitrogens with zero attached hydrogens (tertiary/aromatic N) is 3. The maximum Gasteiger partial charge on any atom is 0.311 e. The van der Waals surface area contributed by atoms with Crippen molar-refractivity contribution in [3.8, 4) is 11.6 Å². The standard InChI is InChI=1S/C12H12ClN3O3/c1-8-9(7-13)12(15(2)14-8)19-11-6-4-3-5-10(11)16(17)18/h3-6H,7H2,1-2H3. The smallest absolute Gasteiger partial charge is 0.311 e. The van der Waals surface area contributed by atoms with E-state index in [2.05, 4.69) is 5.10 Å². The van der Waals surface area contributed by atoms with Crippen LogP contribution in [-0.4, -0.2) is 14.7 Å². The highest BCUT2D eigenvalue weighted by atomic mass is 35.5. The van der Waals surface area contributed by atoms with Crippen LogP contribution in [0.3, 0.4) is 0 Å². The molecule has 0 atom stereocenters. The molecule has 0 spiro atoms. The van der Waals surface area contributed by atoms with Crippen LogP contribution in [0.5, 0.6) is 11.6 Å². The van der Waals surface area contributed by atoms with Crippen molar-refractivity contribution < 1.29 is 9.66 Å². The van der Waals surface area contributed by atoms with Gasteiger partial charge in [-0.05, 0) is 13.0 Å². The summed E-state index contributed by atoms with van der Waals surface area (Å²) in [6, 6.07) is 6.19. The van der Waals surface area contributed by atoms with E-state index in [9.17, 15) is 10.1 Å². The van der Waals surface area contributed by atoms with Gasteiger partial charge in [0.1, 0.15) is 0 Å². The van der Waals surface area contributed by atoms with Gasteiger partial charge in [0.05, 0.1) is 22.1 Å². The predicted octanol–water partition coefficient (Wildman–Crippen LogP) is 3.17. The maximum atomic E-state index is 10.9. The van der Waals surface area contributed by atoms with E-state index in [1.165, 1.54) is 10.7 Å². The number of hydrogen-bond donors (Lipinski definition) is 0.